The molecule has 0 aliphatic heterocycles. The Morgan fingerprint density at radius 2 is 2.07 bits per heavy atom. The third kappa shape index (κ3) is 1.72. The normalized spacial score (nSPS) is 10.7. The molecule has 0 spiro atoms. The highest BCUT2D eigenvalue weighted by atomic mass is 16.3. The van der Waals surface area contributed by atoms with Crippen LogP contribution in [0.2, 0.25) is 0 Å². The zero-order chi connectivity index (χ0) is 9.97. The van der Waals surface area contributed by atoms with Crippen LogP contribution in [0.25, 0.3) is 0 Å². The van der Waals surface area contributed by atoms with Crippen molar-refractivity contribution in [3.63, 3.8) is 0 Å². The summed E-state index contributed by atoms with van der Waals surface area (Å²) in [6.45, 7) is 3.26. The van der Waals surface area contributed by atoms with Crippen LogP contribution in [0, 0.1) is 6.92 Å². The Morgan fingerprint density at radius 1 is 1.36 bits per heavy atom. The van der Waals surface area contributed by atoms with Gasteiger partial charge in [-0.05, 0) is 25.1 Å². The SMILES string of the molecule is Cc1oc(Cn2cccc2)cc1CN. The summed E-state index contributed by atoms with van der Waals surface area (Å²) in [5.41, 5.74) is 6.66. The molecule has 2 aromatic heterocycles. The largest absolute Gasteiger partial charge is 0.464 e. The van der Waals surface area contributed by atoms with Gasteiger partial charge < -0.3 is 14.7 Å². The Balaban J connectivity index is 2.17. The van der Waals surface area contributed by atoms with Gasteiger partial charge in [-0.1, -0.05) is 0 Å². The smallest absolute Gasteiger partial charge is 0.124 e. The van der Waals surface area contributed by atoms with Gasteiger partial charge in [0.15, 0.2) is 0 Å². The second kappa shape index (κ2) is 3.72. The molecule has 0 saturated heterocycles. The van der Waals surface area contributed by atoms with Crippen LogP contribution in [0.4, 0.5) is 0 Å². The molecule has 3 heteroatoms. The van der Waals surface area contributed by atoms with Gasteiger partial charge in [-0.2, -0.15) is 0 Å². The minimum atomic E-state index is 0.543. The van der Waals surface area contributed by atoms with Gasteiger partial charge in [0.25, 0.3) is 0 Å². The van der Waals surface area contributed by atoms with Gasteiger partial charge in [-0.15, -0.1) is 0 Å². The molecule has 2 heterocycles. The number of hydrogen-bond acceptors (Lipinski definition) is 2. The van der Waals surface area contributed by atoms with Crippen LogP contribution in [0.15, 0.2) is 35.0 Å². The van der Waals surface area contributed by atoms with E-state index in [0.717, 1.165) is 23.6 Å². The molecule has 0 unspecified atom stereocenters. The maximum Gasteiger partial charge on any atom is 0.124 e. The van der Waals surface area contributed by atoms with Gasteiger partial charge in [-0.25, -0.2) is 0 Å². The zero-order valence-electron chi connectivity index (χ0n) is 8.23. The van der Waals surface area contributed by atoms with E-state index in [1.54, 1.807) is 0 Å². The van der Waals surface area contributed by atoms with Crippen molar-refractivity contribution in [3.8, 4) is 0 Å². The molecule has 0 aromatic carbocycles. The second-order valence-corrected chi connectivity index (χ2v) is 3.35. The third-order valence-corrected chi connectivity index (χ3v) is 2.30. The number of furan rings is 1. The average Bonchev–Trinajstić information content (AvgIpc) is 2.76. The monoisotopic (exact) mass is 190 g/mol. The predicted octanol–water partition coefficient (Wildman–Crippen LogP) is 1.90. The molecular formula is C11H14N2O. The first kappa shape index (κ1) is 9.09. The number of rotatable bonds is 3. The fourth-order valence-electron chi connectivity index (χ4n) is 1.52. The van der Waals surface area contributed by atoms with Crippen molar-refractivity contribution >= 4 is 0 Å². The van der Waals surface area contributed by atoms with E-state index in [2.05, 4.69) is 4.57 Å². The quantitative estimate of drug-likeness (QED) is 0.803. The Hall–Kier alpha value is -1.48. The summed E-state index contributed by atoms with van der Waals surface area (Å²) in [7, 11) is 0. The summed E-state index contributed by atoms with van der Waals surface area (Å²) in [6.07, 6.45) is 4.03. The molecule has 0 amide bonds. The lowest BCUT2D eigenvalue weighted by Crippen LogP contribution is -1.96. The van der Waals surface area contributed by atoms with Gasteiger partial charge in [-0.3, -0.25) is 0 Å². The molecule has 0 bridgehead atoms. The van der Waals surface area contributed by atoms with Crippen LogP contribution >= 0.6 is 0 Å². The van der Waals surface area contributed by atoms with Crippen LogP contribution < -0.4 is 5.73 Å². The first-order valence-corrected chi connectivity index (χ1v) is 4.68. The van der Waals surface area contributed by atoms with Crippen molar-refractivity contribution in [2.45, 2.75) is 20.0 Å². The Kier molecular flexibility index (Phi) is 2.41. The first-order chi connectivity index (χ1) is 6.79. The number of aromatic nitrogens is 1. The van der Waals surface area contributed by atoms with Gasteiger partial charge >= 0.3 is 0 Å². The van der Waals surface area contributed by atoms with E-state index in [9.17, 15) is 0 Å². The van der Waals surface area contributed by atoms with Gasteiger partial charge in [0, 0.05) is 24.5 Å². The first-order valence-electron chi connectivity index (χ1n) is 4.68. The second-order valence-electron chi connectivity index (χ2n) is 3.35. The highest BCUT2D eigenvalue weighted by Gasteiger charge is 2.05. The van der Waals surface area contributed by atoms with E-state index in [1.165, 1.54) is 0 Å². The molecule has 2 aromatic rings. The predicted molar refractivity (Wildman–Crippen MR) is 54.9 cm³/mol. The highest BCUT2D eigenvalue weighted by molar-refractivity contribution is 5.20. The molecule has 2 rings (SSSR count). The molecule has 3 nitrogen and oxygen atoms in total. The molecule has 0 fully saturated rings. The molecule has 0 atom stereocenters. The molecule has 74 valence electrons. The Labute approximate surface area is 83.1 Å². The van der Waals surface area contributed by atoms with Crippen molar-refractivity contribution in [1.29, 1.82) is 0 Å². The van der Waals surface area contributed by atoms with Gasteiger partial charge in [0.1, 0.15) is 11.5 Å². The summed E-state index contributed by atoms with van der Waals surface area (Å²) in [4.78, 5) is 0. The molecule has 2 N–H and O–H groups in total. The Bertz CT molecular complexity index is 401. The lowest BCUT2D eigenvalue weighted by atomic mass is 10.2. The summed E-state index contributed by atoms with van der Waals surface area (Å²) >= 11 is 0. The van der Waals surface area contributed by atoms with Crippen LogP contribution in [-0.2, 0) is 13.1 Å². The van der Waals surface area contributed by atoms with Crippen molar-refractivity contribution < 1.29 is 4.42 Å². The number of aryl methyl sites for hydroxylation is 1. The molecule has 0 aliphatic carbocycles. The van der Waals surface area contributed by atoms with Crippen molar-refractivity contribution in [2.75, 3.05) is 0 Å². The fraction of sp³-hybridized carbons (Fsp3) is 0.273. The summed E-state index contributed by atoms with van der Waals surface area (Å²) in [5.74, 6) is 1.88. The van der Waals surface area contributed by atoms with Crippen LogP contribution in [0.5, 0.6) is 0 Å². The maximum atomic E-state index is 5.58. The van der Waals surface area contributed by atoms with Gasteiger partial charge in [0.2, 0.25) is 0 Å². The lowest BCUT2D eigenvalue weighted by molar-refractivity contribution is 0.468. The van der Waals surface area contributed by atoms with Crippen LogP contribution in [-0.4, -0.2) is 4.57 Å². The summed E-state index contributed by atoms with van der Waals surface area (Å²) in [5, 5.41) is 0. The van der Waals surface area contributed by atoms with Crippen molar-refractivity contribution in [3.05, 3.63) is 47.7 Å². The minimum absolute atomic E-state index is 0.543. The van der Waals surface area contributed by atoms with Crippen LogP contribution in [0.1, 0.15) is 17.1 Å². The standard InChI is InChI=1S/C11H14N2O/c1-9-10(7-12)6-11(14-9)8-13-4-2-3-5-13/h2-6H,7-8,12H2,1H3. The van der Waals surface area contributed by atoms with Crippen molar-refractivity contribution in [2.24, 2.45) is 5.73 Å². The maximum absolute atomic E-state index is 5.58. The molecule has 0 saturated carbocycles. The van der Waals surface area contributed by atoms with Crippen molar-refractivity contribution in [1.82, 2.24) is 4.57 Å². The third-order valence-electron chi connectivity index (χ3n) is 2.30. The van der Waals surface area contributed by atoms with E-state index in [0.29, 0.717) is 6.54 Å². The van der Waals surface area contributed by atoms with Gasteiger partial charge in [0.05, 0.1) is 6.54 Å². The number of hydrogen-bond donors (Lipinski definition) is 1. The molecule has 0 aliphatic rings. The zero-order valence-corrected chi connectivity index (χ0v) is 8.23. The fourth-order valence-corrected chi connectivity index (χ4v) is 1.52. The summed E-state index contributed by atoms with van der Waals surface area (Å²) in [6, 6.07) is 6.02. The lowest BCUT2D eigenvalue weighted by Gasteiger charge is -1.97. The molecular weight excluding hydrogens is 176 g/mol. The van der Waals surface area contributed by atoms with E-state index in [-0.39, 0.29) is 0 Å². The Morgan fingerprint density at radius 3 is 2.64 bits per heavy atom. The topological polar surface area (TPSA) is 44.1 Å². The average molecular weight is 190 g/mol. The van der Waals surface area contributed by atoms with E-state index >= 15 is 0 Å². The highest BCUT2D eigenvalue weighted by Crippen LogP contribution is 2.14. The number of nitrogens with zero attached hydrogens (tertiary/aromatic N) is 1. The molecule has 0 radical (unpaired) electrons. The van der Waals surface area contributed by atoms with E-state index in [1.807, 2.05) is 37.5 Å². The van der Waals surface area contributed by atoms with E-state index in [4.69, 9.17) is 10.2 Å². The minimum Gasteiger partial charge on any atom is -0.464 e. The number of nitrogens with two attached hydrogens (primary N) is 1. The summed E-state index contributed by atoms with van der Waals surface area (Å²) < 4.78 is 7.65. The van der Waals surface area contributed by atoms with E-state index < -0.39 is 0 Å². The molecule has 14 heavy (non-hydrogen) atoms. The van der Waals surface area contributed by atoms with Crippen LogP contribution in [0.3, 0.4) is 0 Å².